The highest BCUT2D eigenvalue weighted by atomic mass is 127. The minimum atomic E-state index is 0. The molecule has 0 bridgehead atoms. The summed E-state index contributed by atoms with van der Waals surface area (Å²) < 4.78 is 5.27. The zero-order valence-corrected chi connectivity index (χ0v) is 19.6. The molecule has 2 rings (SSSR count). The topological polar surface area (TPSA) is 48.9 Å². The molecule has 154 valence electrons. The lowest BCUT2D eigenvalue weighted by atomic mass is 10.1. The van der Waals surface area contributed by atoms with E-state index in [9.17, 15) is 0 Å². The molecule has 0 saturated heterocycles. The molecule has 6 heteroatoms. The molecule has 0 aromatic heterocycles. The number of nitrogens with zero attached hydrogens (tertiary/aromatic N) is 2. The molecule has 0 aliphatic heterocycles. The molecule has 0 aliphatic rings. The van der Waals surface area contributed by atoms with E-state index in [1.54, 1.807) is 14.2 Å². The van der Waals surface area contributed by atoms with Crippen molar-refractivity contribution in [2.75, 3.05) is 27.7 Å². The molecular formula is C22H33IN4O. The summed E-state index contributed by atoms with van der Waals surface area (Å²) in [4.78, 5) is 6.68. The largest absolute Gasteiger partial charge is 0.497 e. The van der Waals surface area contributed by atoms with Crippen molar-refractivity contribution >= 4 is 29.9 Å². The molecule has 28 heavy (non-hydrogen) atoms. The Labute approximate surface area is 186 Å². The molecule has 0 amide bonds. The highest BCUT2D eigenvalue weighted by Crippen LogP contribution is 2.12. The van der Waals surface area contributed by atoms with Gasteiger partial charge < -0.3 is 15.4 Å². The van der Waals surface area contributed by atoms with Gasteiger partial charge in [0.25, 0.3) is 0 Å². The minimum absolute atomic E-state index is 0. The average Bonchev–Trinajstić information content (AvgIpc) is 2.71. The van der Waals surface area contributed by atoms with Crippen LogP contribution in [0.5, 0.6) is 5.75 Å². The summed E-state index contributed by atoms with van der Waals surface area (Å²) in [6.07, 6.45) is 1.04. The van der Waals surface area contributed by atoms with Crippen molar-refractivity contribution in [1.29, 1.82) is 0 Å². The second-order valence-corrected chi connectivity index (χ2v) is 6.74. The number of halogens is 1. The fourth-order valence-electron chi connectivity index (χ4n) is 2.84. The number of hydrogen-bond acceptors (Lipinski definition) is 3. The molecule has 0 saturated carbocycles. The van der Waals surface area contributed by atoms with Crippen LogP contribution in [0.3, 0.4) is 0 Å². The zero-order chi connectivity index (χ0) is 19.5. The van der Waals surface area contributed by atoms with E-state index in [1.165, 1.54) is 5.56 Å². The van der Waals surface area contributed by atoms with E-state index in [0.29, 0.717) is 12.6 Å². The number of ether oxygens (including phenoxy) is 1. The predicted octanol–water partition coefficient (Wildman–Crippen LogP) is 3.89. The first-order valence-electron chi connectivity index (χ1n) is 9.44. The Bertz CT molecular complexity index is 709. The summed E-state index contributed by atoms with van der Waals surface area (Å²) in [6, 6.07) is 19.1. The Morgan fingerprint density at radius 1 is 1.07 bits per heavy atom. The lowest BCUT2D eigenvalue weighted by molar-refractivity contribution is 0.238. The van der Waals surface area contributed by atoms with Crippen molar-refractivity contribution in [3.63, 3.8) is 0 Å². The van der Waals surface area contributed by atoms with Crippen LogP contribution in [0.2, 0.25) is 0 Å². The van der Waals surface area contributed by atoms with Crippen LogP contribution in [-0.4, -0.2) is 44.7 Å². The van der Waals surface area contributed by atoms with E-state index >= 15 is 0 Å². The van der Waals surface area contributed by atoms with E-state index < -0.39 is 0 Å². The standard InChI is InChI=1S/C22H32N4O.HI/c1-18(26(3)17-19-9-6-5-7-10-19)13-14-24-22(23-2)25-16-20-11-8-12-21(15-20)27-4;/h5-12,15,18H,13-14,16-17H2,1-4H3,(H2,23,24,25);1H. The van der Waals surface area contributed by atoms with Crippen molar-refractivity contribution in [1.82, 2.24) is 15.5 Å². The van der Waals surface area contributed by atoms with E-state index in [2.05, 4.69) is 70.9 Å². The molecule has 0 spiro atoms. The first kappa shape index (κ1) is 24.2. The number of hydrogen-bond donors (Lipinski definition) is 2. The molecular weight excluding hydrogens is 463 g/mol. The maximum absolute atomic E-state index is 5.27. The first-order chi connectivity index (χ1) is 13.1. The van der Waals surface area contributed by atoms with Crippen LogP contribution in [0.1, 0.15) is 24.5 Å². The maximum atomic E-state index is 5.27. The Morgan fingerprint density at radius 2 is 1.79 bits per heavy atom. The lowest BCUT2D eigenvalue weighted by Gasteiger charge is -2.25. The van der Waals surface area contributed by atoms with Crippen LogP contribution in [-0.2, 0) is 13.1 Å². The highest BCUT2D eigenvalue weighted by Gasteiger charge is 2.09. The second-order valence-electron chi connectivity index (χ2n) is 6.74. The number of rotatable bonds is 9. The average molecular weight is 496 g/mol. The van der Waals surface area contributed by atoms with Gasteiger partial charge in [-0.1, -0.05) is 42.5 Å². The number of guanidine groups is 1. The number of nitrogens with one attached hydrogen (secondary N) is 2. The van der Waals surface area contributed by atoms with Crippen molar-refractivity contribution in [2.24, 2.45) is 4.99 Å². The number of aliphatic imine (C=N–C) groups is 1. The summed E-state index contributed by atoms with van der Waals surface area (Å²) >= 11 is 0. The van der Waals surface area contributed by atoms with Crippen molar-refractivity contribution in [3.8, 4) is 5.75 Å². The van der Waals surface area contributed by atoms with Gasteiger partial charge in [0.15, 0.2) is 5.96 Å². The molecule has 2 N–H and O–H groups in total. The first-order valence-corrected chi connectivity index (χ1v) is 9.44. The minimum Gasteiger partial charge on any atom is -0.497 e. The third-order valence-corrected chi connectivity index (χ3v) is 4.70. The summed E-state index contributed by atoms with van der Waals surface area (Å²) in [7, 11) is 5.66. The maximum Gasteiger partial charge on any atom is 0.191 e. The van der Waals surface area contributed by atoms with Gasteiger partial charge in [-0.3, -0.25) is 9.89 Å². The van der Waals surface area contributed by atoms with Gasteiger partial charge in [0.1, 0.15) is 5.75 Å². The van der Waals surface area contributed by atoms with Gasteiger partial charge >= 0.3 is 0 Å². The van der Waals surface area contributed by atoms with Crippen LogP contribution in [0, 0.1) is 0 Å². The molecule has 2 aromatic rings. The van der Waals surface area contributed by atoms with Crippen LogP contribution in [0.15, 0.2) is 59.6 Å². The van der Waals surface area contributed by atoms with Gasteiger partial charge in [-0.25, -0.2) is 0 Å². The van der Waals surface area contributed by atoms with Gasteiger partial charge in [-0.15, -0.1) is 24.0 Å². The molecule has 1 unspecified atom stereocenters. The van der Waals surface area contributed by atoms with Crippen molar-refractivity contribution in [2.45, 2.75) is 32.5 Å². The molecule has 0 radical (unpaired) electrons. The van der Waals surface area contributed by atoms with E-state index in [0.717, 1.165) is 36.8 Å². The predicted molar refractivity (Wildman–Crippen MR) is 129 cm³/mol. The Kier molecular flexibility index (Phi) is 11.6. The Morgan fingerprint density at radius 3 is 2.46 bits per heavy atom. The number of methoxy groups -OCH3 is 1. The van der Waals surface area contributed by atoms with Crippen molar-refractivity contribution in [3.05, 3.63) is 65.7 Å². The van der Waals surface area contributed by atoms with E-state index in [-0.39, 0.29) is 24.0 Å². The molecule has 1 atom stereocenters. The summed E-state index contributed by atoms with van der Waals surface area (Å²) in [6.45, 7) is 4.81. The molecule has 5 nitrogen and oxygen atoms in total. The van der Waals surface area contributed by atoms with Gasteiger partial charge in [0.2, 0.25) is 0 Å². The smallest absolute Gasteiger partial charge is 0.191 e. The molecule has 0 aliphatic carbocycles. The number of benzene rings is 2. The lowest BCUT2D eigenvalue weighted by Crippen LogP contribution is -2.39. The Balaban J connectivity index is 0.00000392. The summed E-state index contributed by atoms with van der Waals surface area (Å²) in [5.74, 6) is 1.68. The van der Waals surface area contributed by atoms with Gasteiger partial charge in [-0.05, 0) is 43.7 Å². The molecule has 0 heterocycles. The quantitative estimate of drug-likeness (QED) is 0.314. The normalized spacial score (nSPS) is 12.2. The van der Waals surface area contributed by atoms with Gasteiger partial charge in [0, 0.05) is 32.7 Å². The van der Waals surface area contributed by atoms with Crippen LogP contribution >= 0.6 is 24.0 Å². The van der Waals surface area contributed by atoms with Crippen molar-refractivity contribution < 1.29 is 4.74 Å². The van der Waals surface area contributed by atoms with E-state index in [1.807, 2.05) is 18.2 Å². The van der Waals surface area contributed by atoms with Gasteiger partial charge in [0.05, 0.1) is 7.11 Å². The van der Waals surface area contributed by atoms with Crippen LogP contribution in [0.25, 0.3) is 0 Å². The third kappa shape index (κ3) is 8.48. The fraction of sp³-hybridized carbons (Fsp3) is 0.409. The second kappa shape index (κ2) is 13.4. The van der Waals surface area contributed by atoms with E-state index in [4.69, 9.17) is 4.74 Å². The molecule has 0 fully saturated rings. The summed E-state index contributed by atoms with van der Waals surface area (Å²) in [5.41, 5.74) is 2.50. The fourth-order valence-corrected chi connectivity index (χ4v) is 2.84. The van der Waals surface area contributed by atoms with Gasteiger partial charge in [-0.2, -0.15) is 0 Å². The zero-order valence-electron chi connectivity index (χ0n) is 17.3. The summed E-state index contributed by atoms with van der Waals surface area (Å²) in [5, 5.41) is 6.75. The van der Waals surface area contributed by atoms with Crippen LogP contribution in [0.4, 0.5) is 0 Å². The highest BCUT2D eigenvalue weighted by molar-refractivity contribution is 14.0. The monoisotopic (exact) mass is 496 g/mol. The Hall–Kier alpha value is -1.80. The third-order valence-electron chi connectivity index (χ3n) is 4.70. The van der Waals surface area contributed by atoms with Crippen LogP contribution < -0.4 is 15.4 Å². The molecule has 2 aromatic carbocycles. The SMILES string of the molecule is CN=C(NCCC(C)N(C)Cc1ccccc1)NCc1cccc(OC)c1.I.